The Balaban J connectivity index is 1.40. The number of pyridine rings is 1. The van der Waals surface area contributed by atoms with Crippen LogP contribution in [0.4, 0.5) is 5.82 Å². The number of amides is 1. The minimum Gasteiger partial charge on any atom is -0.354 e. The number of hydrogen-bond acceptors (Lipinski definition) is 8. The molecule has 0 aromatic carbocycles. The normalized spacial score (nSPS) is 14.1. The zero-order valence-electron chi connectivity index (χ0n) is 22.7. The Kier molecular flexibility index (Phi) is 15.6. The molecule has 210 valence electrons. The summed E-state index contributed by atoms with van der Waals surface area (Å²) in [6, 6.07) is 3.62. The quantitative estimate of drug-likeness (QED) is 0.106. The summed E-state index contributed by atoms with van der Waals surface area (Å²) in [4.78, 5) is 35.8. The molecule has 0 unspecified atom stereocenters. The van der Waals surface area contributed by atoms with Crippen molar-refractivity contribution < 1.29 is 19.9 Å². The lowest BCUT2D eigenvalue weighted by molar-refractivity contribution is -0.757. The van der Waals surface area contributed by atoms with E-state index in [1.165, 1.54) is 51.4 Å². The van der Waals surface area contributed by atoms with E-state index in [-0.39, 0.29) is 12.5 Å². The van der Waals surface area contributed by atoms with Crippen molar-refractivity contribution in [1.29, 1.82) is 0 Å². The third-order valence-corrected chi connectivity index (χ3v) is 7.02. The molecule has 1 aliphatic heterocycles. The minimum atomic E-state index is -0.723. The van der Waals surface area contributed by atoms with Crippen molar-refractivity contribution in [2.24, 2.45) is 0 Å². The Hall–Kier alpha value is -2.46. The summed E-state index contributed by atoms with van der Waals surface area (Å²) in [6.45, 7) is 4.43. The van der Waals surface area contributed by atoms with Crippen LogP contribution in [0.15, 0.2) is 18.3 Å². The number of unbranched alkanes of at least 4 members (excludes halogenated alkanes) is 13. The fraction of sp³-hybridized carbons (Fsp3) is 0.778. The molecular formula is C27H47N5O5. The summed E-state index contributed by atoms with van der Waals surface area (Å²) in [6.07, 6.45) is 17.3. The highest BCUT2D eigenvalue weighted by atomic mass is 16.9. The first kappa shape index (κ1) is 30.8. The molecular weight excluding hydrogens is 474 g/mol. The standard InChI is InChI=1S/C27H47N5O5/c1-29-19-21-30(22-20-29)26-17-16-25(24-28-26)27(33)31(34)18-14-12-10-8-6-4-2-3-5-7-9-11-13-15-23-37-32(35)36/h16-17,24,34H,2-15,18-23H2,1H3. The molecule has 0 bridgehead atoms. The number of carbonyl (C=O) groups is 1. The SMILES string of the molecule is CN1CCN(c2ccc(C(=O)N(O)CCCCCCCCCCCCCCCCO[N+](=O)[O-])cn2)CC1. The molecule has 2 rings (SSSR count). The van der Waals surface area contributed by atoms with Crippen LogP contribution in [-0.2, 0) is 4.84 Å². The molecule has 1 amide bonds. The van der Waals surface area contributed by atoms with Gasteiger partial charge in [0.15, 0.2) is 0 Å². The number of nitrogens with zero attached hydrogens (tertiary/aromatic N) is 5. The van der Waals surface area contributed by atoms with Gasteiger partial charge in [0.25, 0.3) is 11.0 Å². The van der Waals surface area contributed by atoms with Gasteiger partial charge in [0.05, 0.1) is 12.2 Å². The van der Waals surface area contributed by atoms with E-state index in [0.29, 0.717) is 12.1 Å². The molecule has 1 N–H and O–H groups in total. The van der Waals surface area contributed by atoms with E-state index < -0.39 is 5.09 Å². The molecule has 1 aliphatic rings. The topological polar surface area (TPSA) is 112 Å². The van der Waals surface area contributed by atoms with E-state index in [2.05, 4.69) is 26.7 Å². The zero-order chi connectivity index (χ0) is 26.7. The molecule has 37 heavy (non-hydrogen) atoms. The lowest BCUT2D eigenvalue weighted by atomic mass is 10.0. The summed E-state index contributed by atoms with van der Waals surface area (Å²) in [5.41, 5.74) is 0.419. The van der Waals surface area contributed by atoms with Crippen LogP contribution in [0.1, 0.15) is 100 Å². The lowest BCUT2D eigenvalue weighted by Crippen LogP contribution is -2.44. The van der Waals surface area contributed by atoms with Crippen LogP contribution < -0.4 is 4.90 Å². The van der Waals surface area contributed by atoms with Gasteiger partial charge >= 0.3 is 0 Å². The predicted octanol–water partition coefficient (Wildman–Crippen LogP) is 5.33. The average molecular weight is 522 g/mol. The highest BCUT2D eigenvalue weighted by Gasteiger charge is 2.17. The van der Waals surface area contributed by atoms with Crippen LogP contribution in [0, 0.1) is 10.1 Å². The first-order valence-electron chi connectivity index (χ1n) is 14.1. The van der Waals surface area contributed by atoms with Gasteiger partial charge in [-0.1, -0.05) is 77.0 Å². The molecule has 0 saturated carbocycles. The highest BCUT2D eigenvalue weighted by Crippen LogP contribution is 2.16. The second-order valence-electron chi connectivity index (χ2n) is 10.1. The summed E-state index contributed by atoms with van der Waals surface area (Å²) >= 11 is 0. The molecule has 10 heteroatoms. The molecule has 1 aromatic rings. The van der Waals surface area contributed by atoms with Gasteiger partial charge in [-0.05, 0) is 32.0 Å². The Labute approximate surface area is 222 Å². The van der Waals surface area contributed by atoms with Crippen LogP contribution in [0.25, 0.3) is 0 Å². The van der Waals surface area contributed by atoms with E-state index in [1.807, 2.05) is 6.07 Å². The van der Waals surface area contributed by atoms with Gasteiger partial charge in [-0.2, -0.15) is 0 Å². The van der Waals surface area contributed by atoms with Gasteiger partial charge < -0.3 is 14.6 Å². The van der Waals surface area contributed by atoms with Crippen molar-refractivity contribution in [3.63, 3.8) is 0 Å². The van der Waals surface area contributed by atoms with E-state index in [4.69, 9.17) is 0 Å². The van der Waals surface area contributed by atoms with Crippen LogP contribution >= 0.6 is 0 Å². The molecule has 2 heterocycles. The van der Waals surface area contributed by atoms with E-state index >= 15 is 0 Å². The van der Waals surface area contributed by atoms with Gasteiger partial charge in [-0.25, -0.2) is 10.0 Å². The molecule has 0 aliphatic carbocycles. The number of carbonyl (C=O) groups excluding carboxylic acids is 1. The van der Waals surface area contributed by atoms with Crippen LogP contribution in [-0.4, -0.2) is 77.5 Å². The number of hydroxylamine groups is 2. The van der Waals surface area contributed by atoms with Crippen molar-refractivity contribution >= 4 is 11.7 Å². The average Bonchev–Trinajstić information content (AvgIpc) is 2.90. The molecule has 1 fully saturated rings. The van der Waals surface area contributed by atoms with Crippen LogP contribution in [0.2, 0.25) is 0 Å². The zero-order valence-corrected chi connectivity index (χ0v) is 22.7. The third-order valence-electron chi connectivity index (χ3n) is 7.02. The van der Waals surface area contributed by atoms with Crippen molar-refractivity contribution in [3.8, 4) is 0 Å². The van der Waals surface area contributed by atoms with Gasteiger partial charge in [0.1, 0.15) is 5.82 Å². The summed E-state index contributed by atoms with van der Waals surface area (Å²) in [5, 5.41) is 20.3. The third kappa shape index (κ3) is 13.6. The van der Waals surface area contributed by atoms with Crippen molar-refractivity contribution in [2.45, 2.75) is 89.9 Å². The van der Waals surface area contributed by atoms with Crippen molar-refractivity contribution in [2.75, 3.05) is 51.3 Å². The van der Waals surface area contributed by atoms with E-state index in [1.54, 1.807) is 12.3 Å². The summed E-state index contributed by atoms with van der Waals surface area (Å²) in [7, 11) is 2.11. The number of anilines is 1. The number of piperazine rings is 1. The van der Waals surface area contributed by atoms with Crippen molar-refractivity contribution in [3.05, 3.63) is 34.0 Å². The number of likely N-dealkylation sites (N-methyl/N-ethyl adjacent to an activating group) is 1. The largest absolute Gasteiger partial charge is 0.354 e. The fourth-order valence-corrected chi connectivity index (χ4v) is 4.61. The second kappa shape index (κ2) is 18.7. The second-order valence-corrected chi connectivity index (χ2v) is 10.1. The van der Waals surface area contributed by atoms with Gasteiger partial charge in [-0.3, -0.25) is 10.0 Å². The monoisotopic (exact) mass is 521 g/mol. The number of hydrogen-bond donors (Lipinski definition) is 1. The minimum absolute atomic E-state index is 0.215. The Morgan fingerprint density at radius 2 is 1.43 bits per heavy atom. The first-order chi connectivity index (χ1) is 18.0. The molecule has 0 radical (unpaired) electrons. The summed E-state index contributed by atoms with van der Waals surface area (Å²) < 4.78 is 0. The maximum atomic E-state index is 12.5. The first-order valence-corrected chi connectivity index (χ1v) is 14.1. The molecule has 1 saturated heterocycles. The van der Waals surface area contributed by atoms with E-state index in [9.17, 15) is 20.1 Å². The Morgan fingerprint density at radius 3 is 1.92 bits per heavy atom. The molecule has 0 spiro atoms. The smallest absolute Gasteiger partial charge is 0.294 e. The van der Waals surface area contributed by atoms with Gasteiger partial charge in [-0.15, -0.1) is 10.1 Å². The molecule has 1 aromatic heterocycles. The summed E-state index contributed by atoms with van der Waals surface area (Å²) in [5.74, 6) is 0.491. The van der Waals surface area contributed by atoms with Crippen LogP contribution in [0.5, 0.6) is 0 Å². The van der Waals surface area contributed by atoms with Gasteiger partial charge in [0.2, 0.25) is 0 Å². The fourth-order valence-electron chi connectivity index (χ4n) is 4.61. The molecule has 0 atom stereocenters. The maximum Gasteiger partial charge on any atom is 0.294 e. The maximum absolute atomic E-state index is 12.5. The number of rotatable bonds is 20. The van der Waals surface area contributed by atoms with Gasteiger partial charge in [0, 0.05) is 38.9 Å². The number of aromatic nitrogens is 1. The highest BCUT2D eigenvalue weighted by molar-refractivity contribution is 5.93. The van der Waals surface area contributed by atoms with Crippen LogP contribution in [0.3, 0.4) is 0 Å². The predicted molar refractivity (Wildman–Crippen MR) is 144 cm³/mol. The Bertz CT molecular complexity index is 756. The van der Waals surface area contributed by atoms with Crippen molar-refractivity contribution in [1.82, 2.24) is 14.9 Å². The van der Waals surface area contributed by atoms with E-state index in [0.717, 1.165) is 75.6 Å². The molecule has 10 nitrogen and oxygen atoms in total. The Morgan fingerprint density at radius 1 is 0.919 bits per heavy atom. The lowest BCUT2D eigenvalue weighted by Gasteiger charge is -2.33.